The average Bonchev–Trinajstić information content (AvgIpc) is 2.41. The van der Waals surface area contributed by atoms with Crippen molar-refractivity contribution in [1.29, 1.82) is 0 Å². The van der Waals surface area contributed by atoms with Crippen molar-refractivity contribution in [3.05, 3.63) is 62.7 Å². The van der Waals surface area contributed by atoms with E-state index in [1.165, 1.54) is 5.56 Å². The Morgan fingerprint density at radius 2 is 1.74 bits per heavy atom. The zero-order chi connectivity index (χ0) is 13.8. The van der Waals surface area contributed by atoms with Gasteiger partial charge in [0.25, 0.3) is 0 Å². The molecule has 98 valence electrons. The van der Waals surface area contributed by atoms with E-state index >= 15 is 0 Å². The van der Waals surface area contributed by atoms with Gasteiger partial charge in [-0.1, -0.05) is 12.1 Å². The van der Waals surface area contributed by atoms with E-state index in [0.717, 1.165) is 14.9 Å². The minimum Gasteiger partial charge on any atom is -0.485 e. The summed E-state index contributed by atoms with van der Waals surface area (Å²) in [5.74, 6) is 0.722. The van der Waals surface area contributed by atoms with Crippen molar-refractivity contribution < 1.29 is 9.53 Å². The first-order chi connectivity index (χ1) is 9.06. The molecule has 0 amide bonds. The number of rotatable bonds is 4. The second-order valence-corrected chi connectivity index (χ2v) is 5.71. The molecule has 0 spiro atoms. The lowest BCUT2D eigenvalue weighted by molar-refractivity contribution is 0.0921. The van der Waals surface area contributed by atoms with Crippen LogP contribution in [0.1, 0.15) is 21.5 Å². The second-order valence-electron chi connectivity index (χ2n) is 4.46. The van der Waals surface area contributed by atoms with Crippen molar-refractivity contribution in [3.8, 4) is 5.75 Å². The van der Waals surface area contributed by atoms with E-state index in [1.54, 1.807) is 0 Å². The maximum Gasteiger partial charge on any atom is 0.200 e. The van der Waals surface area contributed by atoms with Crippen molar-refractivity contribution in [2.24, 2.45) is 0 Å². The normalized spacial score (nSPS) is 10.3. The Morgan fingerprint density at radius 1 is 1.05 bits per heavy atom. The molecule has 0 unspecified atom stereocenters. The van der Waals surface area contributed by atoms with Gasteiger partial charge in [-0.2, -0.15) is 0 Å². The van der Waals surface area contributed by atoms with Crippen LogP contribution in [0.2, 0.25) is 0 Å². The molecule has 2 nitrogen and oxygen atoms in total. The molecule has 19 heavy (non-hydrogen) atoms. The van der Waals surface area contributed by atoms with Crippen molar-refractivity contribution >= 4 is 28.4 Å². The highest BCUT2D eigenvalue weighted by Crippen LogP contribution is 2.15. The van der Waals surface area contributed by atoms with Crippen LogP contribution in [-0.2, 0) is 0 Å². The summed E-state index contributed by atoms with van der Waals surface area (Å²) in [7, 11) is 0. The molecular formula is C16H15IO2. The third kappa shape index (κ3) is 3.80. The molecule has 0 N–H and O–H groups in total. The number of carbonyl (C=O) groups is 1. The van der Waals surface area contributed by atoms with Crippen molar-refractivity contribution in [2.45, 2.75) is 13.8 Å². The molecule has 2 aromatic carbocycles. The first kappa shape index (κ1) is 14.1. The Labute approximate surface area is 126 Å². The molecule has 2 rings (SSSR count). The van der Waals surface area contributed by atoms with Crippen LogP contribution in [0.5, 0.6) is 5.75 Å². The molecule has 0 aromatic heterocycles. The summed E-state index contributed by atoms with van der Waals surface area (Å²) >= 11 is 2.23. The number of ketones is 1. The predicted molar refractivity (Wildman–Crippen MR) is 84.9 cm³/mol. The van der Waals surface area contributed by atoms with Crippen LogP contribution >= 0.6 is 22.6 Å². The van der Waals surface area contributed by atoms with E-state index in [9.17, 15) is 4.79 Å². The molecule has 0 radical (unpaired) electrons. The van der Waals surface area contributed by atoms with Gasteiger partial charge in [0.15, 0.2) is 12.4 Å². The van der Waals surface area contributed by atoms with Crippen molar-refractivity contribution in [3.63, 3.8) is 0 Å². The van der Waals surface area contributed by atoms with E-state index in [4.69, 9.17) is 4.74 Å². The lowest BCUT2D eigenvalue weighted by atomic mass is 10.0. The van der Waals surface area contributed by atoms with Gasteiger partial charge in [0.2, 0.25) is 0 Å². The minimum atomic E-state index is 0.00153. The zero-order valence-corrected chi connectivity index (χ0v) is 13.1. The topological polar surface area (TPSA) is 26.3 Å². The summed E-state index contributed by atoms with van der Waals surface area (Å²) in [5.41, 5.74) is 3.02. The number of ether oxygens (including phenoxy) is 1. The maximum absolute atomic E-state index is 12.0. The molecule has 0 saturated carbocycles. The van der Waals surface area contributed by atoms with E-state index in [-0.39, 0.29) is 12.4 Å². The maximum atomic E-state index is 12.0. The number of halogens is 1. The molecule has 0 heterocycles. The standard InChI is InChI=1S/C16H15IO2/c1-11-3-4-13(9-12(11)2)16(18)10-19-15-7-5-14(17)6-8-15/h3-9H,10H2,1-2H3. The molecule has 0 fully saturated rings. The molecule has 0 aliphatic heterocycles. The van der Waals surface area contributed by atoms with Crippen LogP contribution in [0.3, 0.4) is 0 Å². The average molecular weight is 366 g/mol. The molecule has 0 aliphatic carbocycles. The van der Waals surface area contributed by atoms with Crippen LogP contribution in [0, 0.1) is 17.4 Å². The summed E-state index contributed by atoms with van der Waals surface area (Å²) in [6, 6.07) is 13.4. The highest BCUT2D eigenvalue weighted by molar-refractivity contribution is 14.1. The van der Waals surface area contributed by atoms with Crippen molar-refractivity contribution in [2.75, 3.05) is 6.61 Å². The Balaban J connectivity index is 2.01. The molecule has 0 aliphatic rings. The monoisotopic (exact) mass is 366 g/mol. The molecule has 2 aromatic rings. The summed E-state index contributed by atoms with van der Waals surface area (Å²) in [6.45, 7) is 4.11. The van der Waals surface area contributed by atoms with E-state index in [1.807, 2.05) is 56.3 Å². The van der Waals surface area contributed by atoms with Crippen LogP contribution in [0.4, 0.5) is 0 Å². The first-order valence-corrected chi connectivity index (χ1v) is 7.13. The van der Waals surface area contributed by atoms with Gasteiger partial charge < -0.3 is 4.74 Å². The Morgan fingerprint density at radius 3 is 2.37 bits per heavy atom. The highest BCUT2D eigenvalue weighted by Gasteiger charge is 2.07. The third-order valence-electron chi connectivity index (χ3n) is 3.01. The Hall–Kier alpha value is -1.36. The molecule has 0 bridgehead atoms. The predicted octanol–water partition coefficient (Wildman–Crippen LogP) is 4.17. The molecule has 0 saturated heterocycles. The number of carbonyl (C=O) groups excluding carboxylic acids is 1. The first-order valence-electron chi connectivity index (χ1n) is 6.05. The minimum absolute atomic E-state index is 0.00153. The van der Waals surface area contributed by atoms with Gasteiger partial charge in [0, 0.05) is 9.13 Å². The largest absolute Gasteiger partial charge is 0.485 e. The SMILES string of the molecule is Cc1ccc(C(=O)COc2ccc(I)cc2)cc1C. The van der Waals surface area contributed by atoms with E-state index in [2.05, 4.69) is 22.6 Å². The Bertz CT molecular complexity index is 588. The second kappa shape index (κ2) is 6.19. The quantitative estimate of drug-likeness (QED) is 0.600. The number of benzene rings is 2. The van der Waals surface area contributed by atoms with E-state index in [0.29, 0.717) is 5.56 Å². The summed E-state index contributed by atoms with van der Waals surface area (Å²) in [5, 5.41) is 0. The fourth-order valence-corrected chi connectivity index (χ4v) is 2.04. The molecule has 3 heteroatoms. The van der Waals surface area contributed by atoms with Crippen LogP contribution < -0.4 is 4.74 Å². The van der Waals surface area contributed by atoms with Gasteiger partial charge in [0.05, 0.1) is 0 Å². The van der Waals surface area contributed by atoms with Gasteiger partial charge in [-0.15, -0.1) is 0 Å². The number of hydrogen-bond acceptors (Lipinski definition) is 2. The summed E-state index contributed by atoms with van der Waals surface area (Å²) in [4.78, 5) is 12.0. The number of aryl methyl sites for hydroxylation is 2. The van der Waals surface area contributed by atoms with Crippen LogP contribution in [0.25, 0.3) is 0 Å². The lowest BCUT2D eigenvalue weighted by Gasteiger charge is -2.07. The smallest absolute Gasteiger partial charge is 0.200 e. The summed E-state index contributed by atoms with van der Waals surface area (Å²) < 4.78 is 6.64. The molecule has 0 atom stereocenters. The van der Waals surface area contributed by atoms with Gasteiger partial charge in [-0.25, -0.2) is 0 Å². The van der Waals surface area contributed by atoms with Crippen LogP contribution in [0.15, 0.2) is 42.5 Å². The van der Waals surface area contributed by atoms with Crippen molar-refractivity contribution in [1.82, 2.24) is 0 Å². The van der Waals surface area contributed by atoms with Gasteiger partial charge in [0.1, 0.15) is 5.75 Å². The number of hydrogen-bond donors (Lipinski definition) is 0. The van der Waals surface area contributed by atoms with Gasteiger partial charge >= 0.3 is 0 Å². The third-order valence-corrected chi connectivity index (χ3v) is 3.73. The van der Waals surface area contributed by atoms with E-state index < -0.39 is 0 Å². The lowest BCUT2D eigenvalue weighted by Crippen LogP contribution is -2.11. The number of Topliss-reactive ketones (excluding diaryl/α,β-unsaturated/α-hetero) is 1. The highest BCUT2D eigenvalue weighted by atomic mass is 127. The fraction of sp³-hybridized carbons (Fsp3) is 0.188. The Kier molecular flexibility index (Phi) is 4.58. The zero-order valence-electron chi connectivity index (χ0n) is 10.9. The summed E-state index contributed by atoms with van der Waals surface area (Å²) in [6.07, 6.45) is 0. The fourth-order valence-electron chi connectivity index (χ4n) is 1.68. The van der Waals surface area contributed by atoms with Crippen LogP contribution in [-0.4, -0.2) is 12.4 Å². The van der Waals surface area contributed by atoms with Gasteiger partial charge in [-0.3, -0.25) is 4.79 Å². The molecular weight excluding hydrogens is 351 g/mol. The van der Waals surface area contributed by atoms with Gasteiger partial charge in [-0.05, 0) is 77.9 Å².